The van der Waals surface area contributed by atoms with Gasteiger partial charge in [-0.2, -0.15) is 0 Å². The zero-order chi connectivity index (χ0) is 12.3. The Morgan fingerprint density at radius 1 is 1.53 bits per heavy atom. The van der Waals surface area contributed by atoms with Crippen molar-refractivity contribution in [3.8, 4) is 0 Å². The van der Waals surface area contributed by atoms with Crippen molar-refractivity contribution < 1.29 is 4.92 Å². The molecule has 2 heterocycles. The van der Waals surface area contributed by atoms with Crippen LogP contribution in [0.25, 0.3) is 0 Å². The van der Waals surface area contributed by atoms with Gasteiger partial charge in [-0.15, -0.1) is 0 Å². The monoisotopic (exact) mass is 269 g/mol. The molecule has 0 atom stereocenters. The van der Waals surface area contributed by atoms with E-state index in [2.05, 4.69) is 10.3 Å². The first kappa shape index (κ1) is 11.8. The highest BCUT2D eigenvalue weighted by Gasteiger charge is 2.08. The number of nitrogens with zero attached hydrogens (tertiary/aromatic N) is 2. The summed E-state index contributed by atoms with van der Waals surface area (Å²) in [5.41, 5.74) is 1.69. The van der Waals surface area contributed by atoms with Crippen LogP contribution in [0.15, 0.2) is 29.8 Å². The molecule has 0 spiro atoms. The Kier molecular flexibility index (Phi) is 3.55. The molecular weight excluding hydrogens is 262 g/mol. The molecular formula is C10H8ClN3O2S. The summed E-state index contributed by atoms with van der Waals surface area (Å²) in [7, 11) is 0. The van der Waals surface area contributed by atoms with Crippen LogP contribution in [0.4, 0.5) is 10.7 Å². The number of hydrogen-bond acceptors (Lipinski definition) is 5. The number of thiophene rings is 1. The molecule has 2 rings (SSSR count). The summed E-state index contributed by atoms with van der Waals surface area (Å²) < 4.78 is 0. The maximum atomic E-state index is 10.5. The van der Waals surface area contributed by atoms with Crippen molar-refractivity contribution in [3.05, 3.63) is 50.6 Å². The lowest BCUT2D eigenvalue weighted by Crippen LogP contribution is -1.98. The average molecular weight is 270 g/mol. The van der Waals surface area contributed by atoms with Crippen LogP contribution in [-0.2, 0) is 6.54 Å². The summed E-state index contributed by atoms with van der Waals surface area (Å²) in [6.07, 6.45) is 1.61. The zero-order valence-corrected chi connectivity index (χ0v) is 10.2. The van der Waals surface area contributed by atoms with Crippen molar-refractivity contribution in [3.63, 3.8) is 0 Å². The Morgan fingerprint density at radius 2 is 2.35 bits per heavy atom. The summed E-state index contributed by atoms with van der Waals surface area (Å²) in [6, 6.07) is 5.04. The van der Waals surface area contributed by atoms with Crippen molar-refractivity contribution >= 4 is 33.6 Å². The van der Waals surface area contributed by atoms with Crippen LogP contribution >= 0.6 is 22.9 Å². The molecule has 0 saturated heterocycles. The first-order valence-corrected chi connectivity index (χ1v) is 5.98. The zero-order valence-electron chi connectivity index (χ0n) is 8.59. The van der Waals surface area contributed by atoms with Gasteiger partial charge in [0, 0.05) is 18.0 Å². The van der Waals surface area contributed by atoms with Gasteiger partial charge in [0.1, 0.15) is 5.15 Å². The number of hydrogen-bond donors (Lipinski definition) is 1. The Labute approximate surface area is 106 Å². The number of halogens is 1. The molecule has 0 saturated carbocycles. The van der Waals surface area contributed by atoms with E-state index in [4.69, 9.17) is 11.6 Å². The minimum absolute atomic E-state index is 0.149. The standard InChI is InChI=1S/C10H8ClN3O2S/c11-9-2-1-8(5-13-9)12-4-7-3-10(14(15)16)17-6-7/h1-3,5-6,12H,4H2. The Hall–Kier alpha value is -1.66. The third-order valence-electron chi connectivity index (χ3n) is 2.04. The number of nitrogens with one attached hydrogen (secondary N) is 1. The van der Waals surface area contributed by atoms with Crippen LogP contribution in [0.1, 0.15) is 5.56 Å². The molecule has 0 unspecified atom stereocenters. The van der Waals surface area contributed by atoms with E-state index in [0.29, 0.717) is 11.7 Å². The van der Waals surface area contributed by atoms with Gasteiger partial charge < -0.3 is 5.32 Å². The average Bonchev–Trinajstić information content (AvgIpc) is 2.77. The highest BCUT2D eigenvalue weighted by molar-refractivity contribution is 7.13. The lowest BCUT2D eigenvalue weighted by Gasteiger charge is -2.03. The maximum Gasteiger partial charge on any atom is 0.324 e. The predicted molar refractivity (Wildman–Crippen MR) is 67.5 cm³/mol. The second-order valence-corrected chi connectivity index (χ2v) is 4.55. The number of anilines is 1. The van der Waals surface area contributed by atoms with Gasteiger partial charge in [0.05, 0.1) is 16.8 Å². The van der Waals surface area contributed by atoms with Crippen LogP contribution < -0.4 is 5.32 Å². The summed E-state index contributed by atoms with van der Waals surface area (Å²) >= 11 is 6.77. The molecule has 0 aromatic carbocycles. The number of rotatable bonds is 4. The molecule has 0 aliphatic carbocycles. The van der Waals surface area contributed by atoms with Crippen molar-refractivity contribution in [1.29, 1.82) is 0 Å². The minimum atomic E-state index is -0.391. The summed E-state index contributed by atoms with van der Waals surface area (Å²) in [6.45, 7) is 0.521. The highest BCUT2D eigenvalue weighted by atomic mass is 35.5. The second-order valence-electron chi connectivity index (χ2n) is 3.27. The molecule has 0 amide bonds. The van der Waals surface area contributed by atoms with Crippen molar-refractivity contribution in [1.82, 2.24) is 4.98 Å². The number of pyridine rings is 1. The highest BCUT2D eigenvalue weighted by Crippen LogP contribution is 2.23. The van der Waals surface area contributed by atoms with E-state index < -0.39 is 4.92 Å². The third-order valence-corrected chi connectivity index (χ3v) is 3.20. The van der Waals surface area contributed by atoms with Gasteiger partial charge in [-0.3, -0.25) is 10.1 Å². The quantitative estimate of drug-likeness (QED) is 0.525. The van der Waals surface area contributed by atoms with E-state index in [1.807, 2.05) is 0 Å². The van der Waals surface area contributed by atoms with Crippen molar-refractivity contribution in [2.24, 2.45) is 0 Å². The van der Waals surface area contributed by atoms with Crippen LogP contribution in [0, 0.1) is 10.1 Å². The number of nitro groups is 1. The first-order valence-electron chi connectivity index (χ1n) is 4.72. The fraction of sp³-hybridized carbons (Fsp3) is 0.100. The Morgan fingerprint density at radius 3 is 2.94 bits per heavy atom. The summed E-state index contributed by atoms with van der Waals surface area (Å²) in [5, 5.41) is 15.9. The van der Waals surface area contributed by atoms with Crippen LogP contribution in [0.2, 0.25) is 5.15 Å². The first-order chi connectivity index (χ1) is 8.15. The summed E-state index contributed by atoms with van der Waals surface area (Å²) in [4.78, 5) is 14.0. The Bertz CT molecular complexity index is 527. The van der Waals surface area contributed by atoms with Gasteiger partial charge in [0.25, 0.3) is 0 Å². The number of aromatic nitrogens is 1. The second kappa shape index (κ2) is 5.11. The molecule has 0 aliphatic rings. The molecule has 0 fully saturated rings. The lowest BCUT2D eigenvalue weighted by atomic mass is 10.3. The van der Waals surface area contributed by atoms with Crippen molar-refractivity contribution in [2.45, 2.75) is 6.54 Å². The van der Waals surface area contributed by atoms with Crippen LogP contribution in [0.5, 0.6) is 0 Å². The molecule has 0 bridgehead atoms. The minimum Gasteiger partial charge on any atom is -0.380 e. The SMILES string of the molecule is O=[N+]([O-])c1cc(CNc2ccc(Cl)nc2)cs1. The molecule has 17 heavy (non-hydrogen) atoms. The molecule has 88 valence electrons. The van der Waals surface area contributed by atoms with Crippen molar-refractivity contribution in [2.75, 3.05) is 5.32 Å². The molecule has 1 N–H and O–H groups in total. The maximum absolute atomic E-state index is 10.5. The molecule has 0 radical (unpaired) electrons. The van der Waals surface area contributed by atoms with E-state index in [1.54, 1.807) is 29.8 Å². The molecule has 2 aromatic rings. The fourth-order valence-electron chi connectivity index (χ4n) is 1.24. The van der Waals surface area contributed by atoms with Crippen LogP contribution in [0.3, 0.4) is 0 Å². The summed E-state index contributed by atoms with van der Waals surface area (Å²) in [5.74, 6) is 0. The molecule has 7 heteroatoms. The van der Waals surface area contributed by atoms with Gasteiger partial charge >= 0.3 is 5.00 Å². The molecule has 2 aromatic heterocycles. The van der Waals surface area contributed by atoms with Gasteiger partial charge in [0.2, 0.25) is 0 Å². The lowest BCUT2D eigenvalue weighted by molar-refractivity contribution is -0.380. The topological polar surface area (TPSA) is 68.1 Å². The third kappa shape index (κ3) is 3.15. The van der Waals surface area contributed by atoms with E-state index >= 15 is 0 Å². The smallest absolute Gasteiger partial charge is 0.324 e. The Balaban J connectivity index is 1.97. The van der Waals surface area contributed by atoms with E-state index in [0.717, 1.165) is 22.6 Å². The van der Waals surface area contributed by atoms with Gasteiger partial charge in [-0.05, 0) is 17.7 Å². The van der Waals surface area contributed by atoms with Crippen LogP contribution in [-0.4, -0.2) is 9.91 Å². The van der Waals surface area contributed by atoms with E-state index in [9.17, 15) is 10.1 Å². The van der Waals surface area contributed by atoms with Gasteiger partial charge in [0.15, 0.2) is 0 Å². The van der Waals surface area contributed by atoms with Gasteiger partial charge in [-0.1, -0.05) is 22.9 Å². The van der Waals surface area contributed by atoms with E-state index in [1.165, 1.54) is 0 Å². The fourth-order valence-corrected chi connectivity index (χ4v) is 2.08. The van der Waals surface area contributed by atoms with E-state index in [-0.39, 0.29) is 5.00 Å². The largest absolute Gasteiger partial charge is 0.380 e. The van der Waals surface area contributed by atoms with Gasteiger partial charge in [-0.25, -0.2) is 4.98 Å². The normalized spacial score (nSPS) is 10.2. The molecule has 5 nitrogen and oxygen atoms in total. The molecule has 0 aliphatic heterocycles. The predicted octanol–water partition coefficient (Wildman–Crippen LogP) is 3.32.